The quantitative estimate of drug-likeness (QED) is 0.791. The Labute approximate surface area is 108 Å². The van der Waals surface area contributed by atoms with Crippen LogP contribution in [0.4, 0.5) is 0 Å². The number of carbonyl (C=O) groups excluding carboxylic acids is 1. The molecule has 1 fully saturated rings. The number of hydrogen-bond acceptors (Lipinski definition) is 3. The highest BCUT2D eigenvalue weighted by molar-refractivity contribution is 5.81. The average Bonchev–Trinajstić information content (AvgIpc) is 3.07. The average molecular weight is 250 g/mol. The second-order valence-corrected chi connectivity index (χ2v) is 4.98. The number of nitrogens with one attached hydrogen (secondary N) is 2. The van der Waals surface area contributed by atoms with Gasteiger partial charge in [-0.1, -0.05) is 0 Å². The Morgan fingerprint density at radius 2 is 2.33 bits per heavy atom. The van der Waals surface area contributed by atoms with Crippen molar-refractivity contribution in [3.8, 4) is 0 Å². The topological polar surface area (TPSA) is 59.0 Å². The van der Waals surface area contributed by atoms with Crippen molar-refractivity contribution in [3.63, 3.8) is 0 Å². The summed E-state index contributed by atoms with van der Waals surface area (Å²) in [6, 6.07) is 2.32. The zero-order chi connectivity index (χ0) is 13.1. The maximum absolute atomic E-state index is 11.8. The maximum atomic E-state index is 11.8. The molecular weight excluding hydrogens is 228 g/mol. The molecule has 1 aromatic rings. The number of rotatable bonds is 6. The van der Waals surface area contributed by atoms with Gasteiger partial charge in [0.1, 0.15) is 0 Å². The van der Waals surface area contributed by atoms with E-state index in [1.807, 2.05) is 18.5 Å². The Kier molecular flexibility index (Phi) is 4.01. The third-order valence-corrected chi connectivity index (χ3v) is 3.19. The van der Waals surface area contributed by atoms with Crippen molar-refractivity contribution >= 4 is 5.91 Å². The highest BCUT2D eigenvalue weighted by Gasteiger charge is 2.25. The van der Waals surface area contributed by atoms with Gasteiger partial charge in [-0.3, -0.25) is 9.48 Å². The van der Waals surface area contributed by atoms with E-state index < -0.39 is 0 Å². The number of carbonyl (C=O) groups is 1. The van der Waals surface area contributed by atoms with E-state index in [2.05, 4.69) is 28.7 Å². The van der Waals surface area contributed by atoms with E-state index in [0.717, 1.165) is 30.8 Å². The van der Waals surface area contributed by atoms with Gasteiger partial charge in [0.05, 0.1) is 17.4 Å². The van der Waals surface area contributed by atoms with Gasteiger partial charge in [0, 0.05) is 19.1 Å². The molecular formula is C13H22N4O. The fourth-order valence-electron chi connectivity index (χ4n) is 1.92. The Bertz CT molecular complexity index is 423. The summed E-state index contributed by atoms with van der Waals surface area (Å²) in [4.78, 5) is 11.8. The van der Waals surface area contributed by atoms with Crippen molar-refractivity contribution in [2.24, 2.45) is 0 Å². The van der Waals surface area contributed by atoms with Crippen molar-refractivity contribution in [2.45, 2.75) is 58.8 Å². The van der Waals surface area contributed by atoms with Crippen LogP contribution in [0.5, 0.6) is 0 Å². The van der Waals surface area contributed by atoms with Gasteiger partial charge in [-0.15, -0.1) is 0 Å². The van der Waals surface area contributed by atoms with Crippen LogP contribution in [0.3, 0.4) is 0 Å². The van der Waals surface area contributed by atoms with Crippen molar-refractivity contribution in [1.82, 2.24) is 20.4 Å². The van der Waals surface area contributed by atoms with Gasteiger partial charge >= 0.3 is 0 Å². The minimum atomic E-state index is -0.161. The molecule has 1 aliphatic rings. The first-order chi connectivity index (χ1) is 8.60. The molecule has 2 rings (SSSR count). The van der Waals surface area contributed by atoms with Crippen LogP contribution in [0.2, 0.25) is 0 Å². The monoisotopic (exact) mass is 250 g/mol. The first-order valence-corrected chi connectivity index (χ1v) is 6.67. The van der Waals surface area contributed by atoms with Crippen molar-refractivity contribution in [3.05, 3.63) is 17.5 Å². The van der Waals surface area contributed by atoms with Gasteiger partial charge in [0.25, 0.3) is 0 Å². The number of aromatic nitrogens is 2. The van der Waals surface area contributed by atoms with Crippen LogP contribution in [-0.4, -0.2) is 27.8 Å². The van der Waals surface area contributed by atoms with Crippen molar-refractivity contribution < 1.29 is 4.79 Å². The normalized spacial score (nSPS) is 16.6. The van der Waals surface area contributed by atoms with Crippen LogP contribution in [-0.2, 0) is 17.9 Å². The van der Waals surface area contributed by atoms with Crippen LogP contribution in [0.25, 0.3) is 0 Å². The number of nitrogens with zero attached hydrogens (tertiary/aromatic N) is 2. The van der Waals surface area contributed by atoms with E-state index in [0.29, 0.717) is 12.6 Å². The summed E-state index contributed by atoms with van der Waals surface area (Å²) in [6.07, 6.45) is 2.25. The lowest BCUT2D eigenvalue weighted by Crippen LogP contribution is -2.42. The van der Waals surface area contributed by atoms with E-state index in [9.17, 15) is 4.79 Å². The largest absolute Gasteiger partial charge is 0.352 e. The number of hydrogen-bond donors (Lipinski definition) is 2. The first kappa shape index (κ1) is 13.1. The Morgan fingerprint density at radius 3 is 2.94 bits per heavy atom. The van der Waals surface area contributed by atoms with E-state index >= 15 is 0 Å². The molecule has 1 heterocycles. The Morgan fingerprint density at radius 1 is 1.61 bits per heavy atom. The molecule has 1 atom stereocenters. The molecule has 0 bridgehead atoms. The van der Waals surface area contributed by atoms with Crippen LogP contribution in [0, 0.1) is 6.92 Å². The summed E-state index contributed by atoms with van der Waals surface area (Å²) in [5.41, 5.74) is 2.14. The summed E-state index contributed by atoms with van der Waals surface area (Å²) in [5, 5.41) is 10.6. The van der Waals surface area contributed by atoms with Gasteiger partial charge in [-0.05, 0) is 39.7 Å². The number of amides is 1. The molecule has 100 valence electrons. The molecule has 0 aliphatic heterocycles. The Balaban J connectivity index is 1.83. The molecule has 1 amide bonds. The summed E-state index contributed by atoms with van der Waals surface area (Å²) >= 11 is 0. The van der Waals surface area contributed by atoms with E-state index in [1.54, 1.807) is 0 Å². The molecule has 1 unspecified atom stereocenters. The van der Waals surface area contributed by atoms with Gasteiger partial charge in [0.15, 0.2) is 0 Å². The molecule has 18 heavy (non-hydrogen) atoms. The Hall–Kier alpha value is -1.36. The van der Waals surface area contributed by atoms with E-state index in [-0.39, 0.29) is 11.9 Å². The molecule has 5 heteroatoms. The lowest BCUT2D eigenvalue weighted by Gasteiger charge is -2.14. The lowest BCUT2D eigenvalue weighted by molar-refractivity contribution is -0.122. The summed E-state index contributed by atoms with van der Waals surface area (Å²) < 4.78 is 1.97. The van der Waals surface area contributed by atoms with Gasteiger partial charge in [-0.2, -0.15) is 5.10 Å². The predicted octanol–water partition coefficient (Wildman–Crippen LogP) is 0.968. The van der Waals surface area contributed by atoms with Gasteiger partial charge in [0.2, 0.25) is 5.91 Å². The van der Waals surface area contributed by atoms with Crippen molar-refractivity contribution in [1.29, 1.82) is 0 Å². The molecule has 0 radical (unpaired) electrons. The van der Waals surface area contributed by atoms with Crippen LogP contribution in [0.1, 0.15) is 38.1 Å². The first-order valence-electron chi connectivity index (χ1n) is 6.67. The number of aryl methyl sites for hydroxylation is 2. The lowest BCUT2D eigenvalue weighted by atomic mass is 10.3. The fourth-order valence-corrected chi connectivity index (χ4v) is 1.92. The minimum Gasteiger partial charge on any atom is -0.352 e. The van der Waals surface area contributed by atoms with E-state index in [1.165, 1.54) is 0 Å². The van der Waals surface area contributed by atoms with Gasteiger partial charge in [-0.25, -0.2) is 0 Å². The molecule has 5 nitrogen and oxygen atoms in total. The third-order valence-electron chi connectivity index (χ3n) is 3.19. The van der Waals surface area contributed by atoms with Crippen LogP contribution >= 0.6 is 0 Å². The summed E-state index contributed by atoms with van der Waals surface area (Å²) in [6.45, 7) is 7.48. The molecule has 1 aromatic heterocycles. The fraction of sp³-hybridized carbons (Fsp3) is 0.692. The standard InChI is InChI=1S/C13H22N4O/c1-4-17-12(7-9(2)16-17)8-14-10(3)13(18)15-11-5-6-11/h7,10-11,14H,4-6,8H2,1-3H3,(H,15,18). The minimum absolute atomic E-state index is 0.0942. The van der Waals surface area contributed by atoms with Crippen molar-refractivity contribution in [2.75, 3.05) is 0 Å². The van der Waals surface area contributed by atoms with E-state index in [4.69, 9.17) is 0 Å². The second-order valence-electron chi connectivity index (χ2n) is 4.98. The molecule has 2 N–H and O–H groups in total. The maximum Gasteiger partial charge on any atom is 0.237 e. The molecule has 1 saturated carbocycles. The summed E-state index contributed by atoms with van der Waals surface area (Å²) in [7, 11) is 0. The highest BCUT2D eigenvalue weighted by Crippen LogP contribution is 2.18. The SMILES string of the molecule is CCn1nc(C)cc1CNC(C)C(=O)NC1CC1. The zero-order valence-electron chi connectivity index (χ0n) is 11.4. The molecule has 0 spiro atoms. The molecule has 0 aromatic carbocycles. The van der Waals surface area contributed by atoms with Crippen LogP contribution < -0.4 is 10.6 Å². The highest BCUT2D eigenvalue weighted by atomic mass is 16.2. The molecule has 0 saturated heterocycles. The third kappa shape index (κ3) is 3.32. The second kappa shape index (κ2) is 5.52. The van der Waals surface area contributed by atoms with Crippen LogP contribution in [0.15, 0.2) is 6.07 Å². The van der Waals surface area contributed by atoms with Gasteiger partial charge < -0.3 is 10.6 Å². The summed E-state index contributed by atoms with van der Waals surface area (Å²) in [5.74, 6) is 0.0942. The molecule has 1 aliphatic carbocycles. The predicted molar refractivity (Wildman–Crippen MR) is 70.1 cm³/mol. The smallest absolute Gasteiger partial charge is 0.237 e. The zero-order valence-corrected chi connectivity index (χ0v) is 11.4.